The maximum absolute atomic E-state index is 8.05. The molecule has 0 aromatic carbocycles. The molecular formula is C5H9N2S+. The van der Waals surface area contributed by atoms with Crippen LogP contribution in [0.15, 0.2) is 0 Å². The van der Waals surface area contributed by atoms with E-state index in [1.807, 2.05) is 17.0 Å². The normalized spacial score (nSPS) is 8.00. The van der Waals surface area contributed by atoms with Crippen LogP contribution >= 0.6 is 11.8 Å². The van der Waals surface area contributed by atoms with Crippen molar-refractivity contribution in [3.63, 3.8) is 0 Å². The van der Waals surface area contributed by atoms with Gasteiger partial charge in [0.2, 0.25) is 0 Å². The van der Waals surface area contributed by atoms with Crippen LogP contribution in [-0.2, 0) is 0 Å². The first-order valence-electron chi connectivity index (χ1n) is 2.30. The summed E-state index contributed by atoms with van der Waals surface area (Å²) in [7, 11) is 1.89. The summed E-state index contributed by atoms with van der Waals surface area (Å²) in [5, 5.41) is 10.0. The first-order chi connectivity index (χ1) is 3.77. The Labute approximate surface area is 53.8 Å². The highest BCUT2D eigenvalue weighted by Crippen LogP contribution is 1.92. The number of thiocyanates is 1. The summed E-state index contributed by atoms with van der Waals surface area (Å²) in [6.07, 6.45) is 0. The van der Waals surface area contributed by atoms with Crippen LogP contribution in [0.4, 0.5) is 0 Å². The Hall–Kier alpha value is -0.490. The molecule has 0 rings (SSSR count). The monoisotopic (exact) mass is 129 g/mol. The van der Waals surface area contributed by atoms with Gasteiger partial charge in [-0.15, -0.1) is 0 Å². The van der Waals surface area contributed by atoms with Gasteiger partial charge in [-0.2, -0.15) is 5.26 Å². The van der Waals surface area contributed by atoms with Gasteiger partial charge in [0.25, 0.3) is 0 Å². The van der Waals surface area contributed by atoms with Gasteiger partial charge >= 0.3 is 0 Å². The van der Waals surface area contributed by atoms with Gasteiger partial charge < -0.3 is 0 Å². The molecule has 44 valence electrons. The topological polar surface area (TPSA) is 26.8 Å². The Morgan fingerprint density at radius 1 is 1.88 bits per heavy atom. The maximum Gasteiger partial charge on any atom is 0.152 e. The second-order valence-electron chi connectivity index (χ2n) is 1.52. The Kier molecular flexibility index (Phi) is 4.38. The highest BCUT2D eigenvalue weighted by Gasteiger charge is 1.89. The number of hydrogen-bond acceptors (Lipinski definition) is 2. The lowest BCUT2D eigenvalue weighted by Gasteiger charge is -1.87. The van der Waals surface area contributed by atoms with Crippen LogP contribution in [0.3, 0.4) is 0 Å². The Morgan fingerprint density at radius 2 is 2.50 bits per heavy atom. The number of nitriles is 1. The lowest BCUT2D eigenvalue weighted by molar-refractivity contribution is -0.482. The van der Waals surface area contributed by atoms with E-state index in [2.05, 4.69) is 6.72 Å². The quantitative estimate of drug-likeness (QED) is 0.241. The van der Waals surface area contributed by atoms with Crippen molar-refractivity contribution in [1.82, 2.24) is 0 Å². The van der Waals surface area contributed by atoms with Gasteiger partial charge in [0, 0.05) is 0 Å². The first-order valence-corrected chi connectivity index (χ1v) is 3.28. The molecule has 0 aromatic rings. The van der Waals surface area contributed by atoms with Crippen LogP contribution in [0.1, 0.15) is 0 Å². The van der Waals surface area contributed by atoms with Crippen molar-refractivity contribution in [3.8, 4) is 5.40 Å². The largest absolute Gasteiger partial charge is 0.244 e. The summed E-state index contributed by atoms with van der Waals surface area (Å²) in [6, 6.07) is 0. The van der Waals surface area contributed by atoms with E-state index in [0.29, 0.717) is 0 Å². The van der Waals surface area contributed by atoms with E-state index >= 15 is 0 Å². The lowest BCUT2D eigenvalue weighted by Crippen LogP contribution is -2.05. The van der Waals surface area contributed by atoms with Crippen LogP contribution in [0.25, 0.3) is 0 Å². The minimum atomic E-state index is 0.844. The van der Waals surface area contributed by atoms with Crippen LogP contribution in [0.5, 0.6) is 0 Å². The van der Waals surface area contributed by atoms with Crippen LogP contribution in [-0.4, -0.2) is 30.6 Å². The van der Waals surface area contributed by atoms with Crippen LogP contribution in [0, 0.1) is 10.7 Å². The second kappa shape index (κ2) is 4.66. The average molecular weight is 129 g/mol. The van der Waals surface area contributed by atoms with E-state index < -0.39 is 0 Å². The van der Waals surface area contributed by atoms with Crippen molar-refractivity contribution in [2.45, 2.75) is 0 Å². The molecule has 0 bridgehead atoms. The summed E-state index contributed by atoms with van der Waals surface area (Å²) in [5.74, 6) is 0.844. The second-order valence-corrected chi connectivity index (χ2v) is 2.40. The van der Waals surface area contributed by atoms with Gasteiger partial charge in [-0.3, -0.25) is 0 Å². The zero-order valence-corrected chi connectivity index (χ0v) is 5.74. The van der Waals surface area contributed by atoms with Crippen molar-refractivity contribution in [2.24, 2.45) is 0 Å². The van der Waals surface area contributed by atoms with Gasteiger partial charge in [0.1, 0.15) is 19.2 Å². The predicted molar refractivity (Wildman–Crippen MR) is 36.2 cm³/mol. The summed E-state index contributed by atoms with van der Waals surface area (Å²) in [4.78, 5) is 0. The first kappa shape index (κ1) is 7.51. The molecule has 0 aliphatic carbocycles. The van der Waals surface area contributed by atoms with Crippen molar-refractivity contribution in [3.05, 3.63) is 0 Å². The standard InChI is InChI=1S/C5H9N2S/c1-7(2)3-4-8-5-6/h1,3-4H2,2H3/q+1. The zero-order chi connectivity index (χ0) is 6.41. The van der Waals surface area contributed by atoms with Gasteiger partial charge in [-0.05, 0) is 11.8 Å². The molecule has 8 heavy (non-hydrogen) atoms. The molecule has 3 heteroatoms. The molecule has 0 heterocycles. The van der Waals surface area contributed by atoms with E-state index in [0.717, 1.165) is 12.3 Å². The summed E-state index contributed by atoms with van der Waals surface area (Å²) < 4.78 is 1.81. The Balaban J connectivity index is 2.97. The van der Waals surface area contributed by atoms with Crippen LogP contribution < -0.4 is 0 Å². The number of hydrogen-bond donors (Lipinski definition) is 0. The molecule has 2 nitrogen and oxygen atoms in total. The fraction of sp³-hybridized carbons (Fsp3) is 0.600. The number of thioether (sulfide) groups is 1. The predicted octanol–water partition coefficient (Wildman–Crippen LogP) is 0.544. The molecular weight excluding hydrogens is 120 g/mol. The summed E-state index contributed by atoms with van der Waals surface area (Å²) in [6.45, 7) is 4.49. The minimum Gasteiger partial charge on any atom is -0.244 e. The van der Waals surface area contributed by atoms with E-state index in [9.17, 15) is 0 Å². The van der Waals surface area contributed by atoms with E-state index in [4.69, 9.17) is 5.26 Å². The zero-order valence-electron chi connectivity index (χ0n) is 4.92. The molecule has 0 aliphatic heterocycles. The molecule has 0 aromatic heterocycles. The fourth-order valence-electron chi connectivity index (χ4n) is 0.247. The molecule has 0 amide bonds. The fourth-order valence-corrected chi connectivity index (χ4v) is 0.741. The highest BCUT2D eigenvalue weighted by atomic mass is 32.2. The number of rotatable bonds is 3. The molecule has 0 atom stereocenters. The Morgan fingerprint density at radius 3 is 2.88 bits per heavy atom. The van der Waals surface area contributed by atoms with E-state index in [1.54, 1.807) is 0 Å². The number of nitrogens with zero attached hydrogens (tertiary/aromatic N) is 2. The van der Waals surface area contributed by atoms with E-state index in [1.165, 1.54) is 11.8 Å². The average Bonchev–Trinajstić information content (AvgIpc) is 1.66. The van der Waals surface area contributed by atoms with Crippen molar-refractivity contribution in [2.75, 3.05) is 19.3 Å². The van der Waals surface area contributed by atoms with Crippen molar-refractivity contribution < 1.29 is 4.58 Å². The van der Waals surface area contributed by atoms with Gasteiger partial charge in [-0.25, -0.2) is 4.58 Å². The SMILES string of the molecule is C=[N+](C)CCSC#N. The van der Waals surface area contributed by atoms with E-state index in [-0.39, 0.29) is 0 Å². The van der Waals surface area contributed by atoms with Crippen molar-refractivity contribution in [1.29, 1.82) is 5.26 Å². The third-order valence-electron chi connectivity index (χ3n) is 0.640. The highest BCUT2D eigenvalue weighted by molar-refractivity contribution is 8.03. The molecule has 0 fully saturated rings. The molecule has 0 N–H and O–H groups in total. The summed E-state index contributed by atoms with van der Waals surface area (Å²) in [5.41, 5.74) is 0. The molecule has 0 saturated carbocycles. The Bertz CT molecular complexity index is 114. The smallest absolute Gasteiger partial charge is 0.152 e. The van der Waals surface area contributed by atoms with Gasteiger partial charge in [0.05, 0.1) is 5.75 Å². The molecule has 0 saturated heterocycles. The lowest BCUT2D eigenvalue weighted by atomic mass is 10.7. The summed E-state index contributed by atoms with van der Waals surface area (Å²) >= 11 is 1.26. The van der Waals surface area contributed by atoms with Crippen LogP contribution in [0.2, 0.25) is 0 Å². The molecule has 0 unspecified atom stereocenters. The van der Waals surface area contributed by atoms with Gasteiger partial charge in [0.15, 0.2) is 6.54 Å². The molecule has 0 spiro atoms. The molecule has 0 radical (unpaired) electrons. The third-order valence-corrected chi connectivity index (χ3v) is 1.16. The molecule has 0 aliphatic rings. The third kappa shape index (κ3) is 5.51. The maximum atomic E-state index is 8.05. The van der Waals surface area contributed by atoms with Gasteiger partial charge in [-0.1, -0.05) is 0 Å². The van der Waals surface area contributed by atoms with Crippen molar-refractivity contribution >= 4 is 18.5 Å². The minimum absolute atomic E-state index is 0.844.